The van der Waals surface area contributed by atoms with Gasteiger partial charge in [-0.25, -0.2) is 0 Å². The summed E-state index contributed by atoms with van der Waals surface area (Å²) in [4.78, 5) is 0. The van der Waals surface area contributed by atoms with Crippen LogP contribution in [0.2, 0.25) is 5.02 Å². The van der Waals surface area contributed by atoms with Gasteiger partial charge in [-0.3, -0.25) is 0 Å². The van der Waals surface area contributed by atoms with Gasteiger partial charge >= 0.3 is 0 Å². The Bertz CT molecular complexity index is 449. The van der Waals surface area contributed by atoms with E-state index in [1.54, 1.807) is 19.2 Å². The average molecular weight is 319 g/mol. The number of halogens is 2. The Labute approximate surface area is 130 Å². The molecule has 0 aromatic heterocycles. The summed E-state index contributed by atoms with van der Waals surface area (Å²) in [5, 5.41) is 0.586. The first kappa shape index (κ1) is 15.7. The van der Waals surface area contributed by atoms with Crippen LogP contribution in [-0.2, 0) is 10.6 Å². The highest BCUT2D eigenvalue weighted by Crippen LogP contribution is 2.37. The standard InChI is InChI=1S/C15H20Cl2O3/c1-15(2)5-4-12(20-15)9-19-14-10(8-16)6-11(17)7-13(14)18-3/h6-7,12H,4-5,8-9H2,1-3H3. The minimum atomic E-state index is -0.0621. The maximum atomic E-state index is 6.03. The first-order valence-electron chi connectivity index (χ1n) is 6.68. The molecule has 0 saturated carbocycles. The van der Waals surface area contributed by atoms with Crippen LogP contribution in [0.25, 0.3) is 0 Å². The van der Waals surface area contributed by atoms with Crippen molar-refractivity contribution in [2.24, 2.45) is 0 Å². The summed E-state index contributed by atoms with van der Waals surface area (Å²) in [7, 11) is 1.59. The molecule has 0 amide bonds. The highest BCUT2D eigenvalue weighted by Gasteiger charge is 2.32. The maximum Gasteiger partial charge on any atom is 0.165 e. The van der Waals surface area contributed by atoms with E-state index >= 15 is 0 Å². The summed E-state index contributed by atoms with van der Waals surface area (Å²) in [6, 6.07) is 3.53. The molecule has 1 saturated heterocycles. The molecular weight excluding hydrogens is 299 g/mol. The molecule has 0 aliphatic carbocycles. The number of ether oxygens (including phenoxy) is 3. The molecule has 2 rings (SSSR count). The first-order chi connectivity index (χ1) is 9.45. The van der Waals surface area contributed by atoms with Crippen molar-refractivity contribution in [2.75, 3.05) is 13.7 Å². The Morgan fingerprint density at radius 1 is 1.40 bits per heavy atom. The van der Waals surface area contributed by atoms with Crippen LogP contribution in [0.4, 0.5) is 0 Å². The third kappa shape index (κ3) is 3.72. The zero-order chi connectivity index (χ0) is 14.8. The minimum absolute atomic E-state index is 0.0621. The maximum absolute atomic E-state index is 6.03. The fourth-order valence-electron chi connectivity index (χ4n) is 2.41. The lowest BCUT2D eigenvalue weighted by Crippen LogP contribution is -2.24. The zero-order valence-electron chi connectivity index (χ0n) is 12.0. The molecule has 1 fully saturated rings. The van der Waals surface area contributed by atoms with Crippen LogP contribution in [-0.4, -0.2) is 25.4 Å². The van der Waals surface area contributed by atoms with Gasteiger partial charge in [0.1, 0.15) is 6.61 Å². The third-order valence-corrected chi connectivity index (χ3v) is 3.93. The van der Waals surface area contributed by atoms with Crippen molar-refractivity contribution in [3.8, 4) is 11.5 Å². The number of hydrogen-bond acceptors (Lipinski definition) is 3. The lowest BCUT2D eigenvalue weighted by molar-refractivity contribution is -0.0329. The molecule has 20 heavy (non-hydrogen) atoms. The van der Waals surface area contributed by atoms with Gasteiger partial charge in [0.2, 0.25) is 0 Å². The summed E-state index contributed by atoms with van der Waals surface area (Å²) < 4.78 is 17.1. The molecule has 1 heterocycles. The molecule has 1 aromatic rings. The highest BCUT2D eigenvalue weighted by atomic mass is 35.5. The lowest BCUT2D eigenvalue weighted by Gasteiger charge is -2.20. The van der Waals surface area contributed by atoms with Crippen molar-refractivity contribution in [3.63, 3.8) is 0 Å². The quantitative estimate of drug-likeness (QED) is 0.752. The van der Waals surface area contributed by atoms with Gasteiger partial charge in [-0.15, -0.1) is 11.6 Å². The van der Waals surface area contributed by atoms with Crippen molar-refractivity contribution in [1.82, 2.24) is 0 Å². The number of methoxy groups -OCH3 is 1. The number of benzene rings is 1. The molecule has 0 bridgehead atoms. The van der Waals surface area contributed by atoms with Crippen LogP contribution in [0.1, 0.15) is 32.3 Å². The van der Waals surface area contributed by atoms with Gasteiger partial charge < -0.3 is 14.2 Å². The molecule has 112 valence electrons. The molecule has 1 aliphatic rings. The molecule has 1 aliphatic heterocycles. The molecule has 0 spiro atoms. The fraction of sp³-hybridized carbons (Fsp3) is 0.600. The van der Waals surface area contributed by atoms with Gasteiger partial charge in [0.25, 0.3) is 0 Å². The van der Waals surface area contributed by atoms with E-state index in [-0.39, 0.29) is 11.7 Å². The normalized spacial score (nSPS) is 20.9. The van der Waals surface area contributed by atoms with Gasteiger partial charge in [-0.1, -0.05) is 11.6 Å². The third-order valence-electron chi connectivity index (χ3n) is 3.43. The van der Waals surface area contributed by atoms with E-state index in [0.29, 0.717) is 29.0 Å². The Morgan fingerprint density at radius 2 is 2.15 bits per heavy atom. The minimum Gasteiger partial charge on any atom is -0.493 e. The monoisotopic (exact) mass is 318 g/mol. The predicted octanol–water partition coefficient (Wildman–Crippen LogP) is 4.42. The molecule has 1 atom stereocenters. The highest BCUT2D eigenvalue weighted by molar-refractivity contribution is 6.31. The second kappa shape index (κ2) is 6.42. The molecule has 1 unspecified atom stereocenters. The SMILES string of the molecule is COc1cc(Cl)cc(CCl)c1OCC1CCC(C)(C)O1. The Hall–Kier alpha value is -0.640. The topological polar surface area (TPSA) is 27.7 Å². The molecule has 5 heteroatoms. The van der Waals surface area contributed by atoms with Gasteiger partial charge in [0.05, 0.1) is 24.7 Å². The lowest BCUT2D eigenvalue weighted by atomic mass is 10.1. The molecule has 0 radical (unpaired) electrons. The van der Waals surface area contributed by atoms with E-state index in [1.165, 1.54) is 0 Å². The Morgan fingerprint density at radius 3 is 2.70 bits per heavy atom. The van der Waals surface area contributed by atoms with E-state index in [2.05, 4.69) is 13.8 Å². The van der Waals surface area contributed by atoms with Crippen molar-refractivity contribution in [1.29, 1.82) is 0 Å². The van der Waals surface area contributed by atoms with Crippen LogP contribution < -0.4 is 9.47 Å². The van der Waals surface area contributed by atoms with Gasteiger partial charge in [-0.2, -0.15) is 0 Å². The van der Waals surface area contributed by atoms with Crippen molar-refractivity contribution in [3.05, 3.63) is 22.7 Å². The van der Waals surface area contributed by atoms with Crippen molar-refractivity contribution < 1.29 is 14.2 Å². The van der Waals surface area contributed by atoms with Crippen LogP contribution in [0.3, 0.4) is 0 Å². The van der Waals surface area contributed by atoms with Crippen LogP contribution in [0.5, 0.6) is 11.5 Å². The second-order valence-electron chi connectivity index (χ2n) is 5.58. The van der Waals surface area contributed by atoms with Crippen molar-refractivity contribution >= 4 is 23.2 Å². The summed E-state index contributed by atoms with van der Waals surface area (Å²) >= 11 is 12.0. The summed E-state index contributed by atoms with van der Waals surface area (Å²) in [6.45, 7) is 4.69. The van der Waals surface area contributed by atoms with E-state index in [4.69, 9.17) is 37.4 Å². The molecule has 0 N–H and O–H groups in total. The summed E-state index contributed by atoms with van der Waals surface area (Å²) in [5.41, 5.74) is 0.765. The first-order valence-corrected chi connectivity index (χ1v) is 7.59. The Kier molecular flexibility index (Phi) is 5.05. The zero-order valence-corrected chi connectivity index (χ0v) is 13.6. The molecule has 1 aromatic carbocycles. The second-order valence-corrected chi connectivity index (χ2v) is 6.28. The van der Waals surface area contributed by atoms with E-state index in [0.717, 1.165) is 18.4 Å². The van der Waals surface area contributed by atoms with Gasteiger partial charge in [0.15, 0.2) is 11.5 Å². The largest absolute Gasteiger partial charge is 0.493 e. The fourth-order valence-corrected chi connectivity index (χ4v) is 2.84. The van der Waals surface area contributed by atoms with Crippen molar-refractivity contribution in [2.45, 2.75) is 44.3 Å². The molecule has 3 nitrogen and oxygen atoms in total. The Balaban J connectivity index is 2.09. The number of rotatable bonds is 5. The molecular formula is C15H20Cl2O3. The van der Waals surface area contributed by atoms with Crippen LogP contribution >= 0.6 is 23.2 Å². The average Bonchev–Trinajstić information content (AvgIpc) is 2.75. The van der Waals surface area contributed by atoms with E-state index in [1.807, 2.05) is 0 Å². The number of hydrogen-bond donors (Lipinski definition) is 0. The predicted molar refractivity (Wildman–Crippen MR) is 81.2 cm³/mol. The summed E-state index contributed by atoms with van der Waals surface area (Å²) in [5.74, 6) is 1.58. The van der Waals surface area contributed by atoms with Crippen LogP contribution in [0, 0.1) is 0 Å². The summed E-state index contributed by atoms with van der Waals surface area (Å²) in [6.07, 6.45) is 2.15. The number of alkyl halides is 1. The van der Waals surface area contributed by atoms with Gasteiger partial charge in [-0.05, 0) is 32.8 Å². The van der Waals surface area contributed by atoms with Crippen LogP contribution in [0.15, 0.2) is 12.1 Å². The van der Waals surface area contributed by atoms with E-state index < -0.39 is 0 Å². The smallest absolute Gasteiger partial charge is 0.165 e. The van der Waals surface area contributed by atoms with Gasteiger partial charge in [0, 0.05) is 16.7 Å². The van der Waals surface area contributed by atoms with E-state index in [9.17, 15) is 0 Å².